The molecule has 24 heavy (non-hydrogen) atoms. The van der Waals surface area contributed by atoms with Crippen LogP contribution in [0.1, 0.15) is 25.8 Å². The Bertz CT molecular complexity index is 705. The van der Waals surface area contributed by atoms with Gasteiger partial charge in [-0.05, 0) is 56.7 Å². The zero-order chi connectivity index (χ0) is 17.5. The van der Waals surface area contributed by atoms with Crippen molar-refractivity contribution in [3.05, 3.63) is 54.1 Å². The second-order valence-electron chi connectivity index (χ2n) is 5.88. The van der Waals surface area contributed by atoms with E-state index in [1.54, 1.807) is 7.11 Å². The molecule has 0 aliphatic heterocycles. The van der Waals surface area contributed by atoms with E-state index in [2.05, 4.69) is 6.92 Å². The Kier molecular flexibility index (Phi) is 6.73. The van der Waals surface area contributed by atoms with Crippen LogP contribution >= 0.6 is 0 Å². The monoisotopic (exact) mass is 343 g/mol. The first-order valence-electron chi connectivity index (χ1n) is 8.17. The van der Waals surface area contributed by atoms with Gasteiger partial charge in [-0.3, -0.25) is 9.20 Å². The Labute approximate surface area is 147 Å². The Hall–Kier alpha value is -1.94. The summed E-state index contributed by atoms with van der Waals surface area (Å²) in [5.41, 5.74) is 3.09. The van der Waals surface area contributed by atoms with Crippen molar-refractivity contribution in [2.75, 3.05) is 12.9 Å². The van der Waals surface area contributed by atoms with Crippen molar-refractivity contribution < 1.29 is 8.95 Å². The standard InChI is InChI=1S/C20H25NO2S/c1-5-17(14-24(22)20-12-6-15(2)7-13-20)16(3)21-18-8-10-19(23-4)11-9-18/h6-13,17H,5,14H2,1-4H3/t17-,24?/m0/s1. The van der Waals surface area contributed by atoms with Crippen LogP contribution < -0.4 is 4.74 Å². The van der Waals surface area contributed by atoms with Gasteiger partial charge < -0.3 is 4.74 Å². The van der Waals surface area contributed by atoms with E-state index < -0.39 is 10.8 Å². The van der Waals surface area contributed by atoms with Crippen LogP contribution in [0.25, 0.3) is 0 Å². The fourth-order valence-corrected chi connectivity index (χ4v) is 3.93. The predicted molar refractivity (Wildman–Crippen MR) is 102 cm³/mol. The van der Waals surface area contributed by atoms with Gasteiger partial charge in [0.25, 0.3) is 0 Å². The molecule has 0 fully saturated rings. The molecule has 0 amide bonds. The van der Waals surface area contributed by atoms with Gasteiger partial charge in [0.05, 0.1) is 23.6 Å². The highest BCUT2D eigenvalue weighted by molar-refractivity contribution is 7.85. The molecule has 2 rings (SSSR count). The Morgan fingerprint density at radius 2 is 1.75 bits per heavy atom. The maximum atomic E-state index is 12.6. The van der Waals surface area contributed by atoms with Gasteiger partial charge >= 0.3 is 0 Å². The van der Waals surface area contributed by atoms with E-state index >= 15 is 0 Å². The lowest BCUT2D eigenvalue weighted by atomic mass is 10.0. The van der Waals surface area contributed by atoms with Crippen molar-refractivity contribution >= 4 is 22.2 Å². The molecule has 0 saturated heterocycles. The third-order valence-electron chi connectivity index (χ3n) is 4.10. The van der Waals surface area contributed by atoms with Crippen LogP contribution in [0.2, 0.25) is 0 Å². The normalized spacial score (nSPS) is 14.2. The third kappa shape index (κ3) is 5.03. The highest BCUT2D eigenvalue weighted by Gasteiger charge is 2.15. The van der Waals surface area contributed by atoms with Gasteiger partial charge in [-0.25, -0.2) is 0 Å². The van der Waals surface area contributed by atoms with Crippen LogP contribution in [0.4, 0.5) is 5.69 Å². The number of methoxy groups -OCH3 is 1. The topological polar surface area (TPSA) is 38.7 Å². The van der Waals surface area contributed by atoms with Crippen LogP contribution in [0.15, 0.2) is 58.4 Å². The fourth-order valence-electron chi connectivity index (χ4n) is 2.45. The van der Waals surface area contributed by atoms with Crippen LogP contribution in [0.3, 0.4) is 0 Å². The summed E-state index contributed by atoms with van der Waals surface area (Å²) < 4.78 is 17.8. The molecule has 128 valence electrons. The second-order valence-corrected chi connectivity index (χ2v) is 7.38. The maximum absolute atomic E-state index is 12.6. The van der Waals surface area contributed by atoms with Crippen molar-refractivity contribution in [2.24, 2.45) is 10.9 Å². The molecule has 1 unspecified atom stereocenters. The first-order valence-corrected chi connectivity index (χ1v) is 9.49. The largest absolute Gasteiger partial charge is 0.497 e. The van der Waals surface area contributed by atoms with E-state index in [0.29, 0.717) is 5.75 Å². The lowest BCUT2D eigenvalue weighted by Gasteiger charge is -2.15. The molecule has 2 atom stereocenters. The van der Waals surface area contributed by atoms with Gasteiger partial charge in [-0.1, -0.05) is 24.6 Å². The third-order valence-corrected chi connectivity index (χ3v) is 5.60. The maximum Gasteiger partial charge on any atom is 0.119 e. The summed E-state index contributed by atoms with van der Waals surface area (Å²) in [5, 5.41) is 0. The molecule has 0 aliphatic rings. The van der Waals surface area contributed by atoms with E-state index in [9.17, 15) is 4.21 Å². The van der Waals surface area contributed by atoms with Crippen molar-refractivity contribution in [2.45, 2.75) is 32.1 Å². The molecule has 0 spiro atoms. The van der Waals surface area contributed by atoms with Crippen LogP contribution in [-0.2, 0) is 10.8 Å². The highest BCUT2D eigenvalue weighted by Crippen LogP contribution is 2.21. The van der Waals surface area contributed by atoms with Crippen molar-refractivity contribution in [1.29, 1.82) is 0 Å². The smallest absolute Gasteiger partial charge is 0.119 e. The number of benzene rings is 2. The number of hydrogen-bond acceptors (Lipinski definition) is 3. The molecular formula is C20H25NO2S. The summed E-state index contributed by atoms with van der Waals surface area (Å²) in [6, 6.07) is 15.6. The summed E-state index contributed by atoms with van der Waals surface area (Å²) in [6.45, 7) is 6.17. The van der Waals surface area contributed by atoms with Crippen molar-refractivity contribution in [3.63, 3.8) is 0 Å². The Morgan fingerprint density at radius 1 is 1.12 bits per heavy atom. The summed E-state index contributed by atoms with van der Waals surface area (Å²) in [5.74, 6) is 1.62. The number of ether oxygens (including phenoxy) is 1. The van der Waals surface area contributed by atoms with E-state index in [4.69, 9.17) is 9.73 Å². The van der Waals surface area contributed by atoms with Crippen LogP contribution in [-0.4, -0.2) is 22.8 Å². The number of nitrogens with zero attached hydrogens (tertiary/aromatic N) is 1. The van der Waals surface area contributed by atoms with E-state index in [1.807, 2.05) is 62.4 Å². The lowest BCUT2D eigenvalue weighted by molar-refractivity contribution is 0.415. The number of aliphatic imine (C=N–C) groups is 1. The first-order chi connectivity index (χ1) is 11.5. The van der Waals surface area contributed by atoms with Crippen molar-refractivity contribution in [3.8, 4) is 5.75 Å². The minimum absolute atomic E-state index is 0.203. The molecule has 2 aromatic rings. The fraction of sp³-hybridized carbons (Fsp3) is 0.350. The first kappa shape index (κ1) is 18.4. The van der Waals surface area contributed by atoms with Gasteiger partial charge in [0.2, 0.25) is 0 Å². The lowest BCUT2D eigenvalue weighted by Crippen LogP contribution is -2.18. The number of aryl methyl sites for hydroxylation is 1. The molecule has 2 aromatic carbocycles. The number of hydrogen-bond donors (Lipinski definition) is 0. The average Bonchev–Trinajstić information content (AvgIpc) is 2.60. The molecular weight excluding hydrogens is 318 g/mol. The van der Waals surface area contributed by atoms with Crippen LogP contribution in [0, 0.1) is 12.8 Å². The van der Waals surface area contributed by atoms with Gasteiger partial charge in [0.1, 0.15) is 5.75 Å². The molecule has 0 saturated carbocycles. The summed E-state index contributed by atoms with van der Waals surface area (Å²) >= 11 is 0. The SMILES string of the molecule is CC[C@@H](CS(=O)c1ccc(C)cc1)C(C)=Nc1ccc(OC)cc1. The Morgan fingerprint density at radius 3 is 2.29 bits per heavy atom. The number of rotatable bonds is 7. The highest BCUT2D eigenvalue weighted by atomic mass is 32.2. The van der Waals surface area contributed by atoms with Gasteiger partial charge in [-0.2, -0.15) is 0 Å². The van der Waals surface area contributed by atoms with Crippen molar-refractivity contribution in [1.82, 2.24) is 0 Å². The Balaban J connectivity index is 2.09. The van der Waals surface area contributed by atoms with E-state index in [0.717, 1.165) is 28.5 Å². The molecule has 0 N–H and O–H groups in total. The van der Waals surface area contributed by atoms with E-state index in [1.165, 1.54) is 5.56 Å². The zero-order valence-electron chi connectivity index (χ0n) is 14.8. The van der Waals surface area contributed by atoms with Gasteiger partial charge in [-0.15, -0.1) is 0 Å². The minimum Gasteiger partial charge on any atom is -0.497 e. The molecule has 0 radical (unpaired) electrons. The summed E-state index contributed by atoms with van der Waals surface area (Å²) in [4.78, 5) is 5.58. The molecule has 3 nitrogen and oxygen atoms in total. The van der Waals surface area contributed by atoms with E-state index in [-0.39, 0.29) is 5.92 Å². The summed E-state index contributed by atoms with van der Waals surface area (Å²) in [6.07, 6.45) is 0.920. The molecule has 4 heteroatoms. The van der Waals surface area contributed by atoms with Gasteiger partial charge in [0.15, 0.2) is 0 Å². The second kappa shape index (κ2) is 8.78. The molecule has 0 aliphatic carbocycles. The quantitative estimate of drug-likeness (QED) is 0.669. The molecule has 0 aromatic heterocycles. The molecule has 0 bridgehead atoms. The molecule has 0 heterocycles. The predicted octanol–water partition coefficient (Wildman–Crippen LogP) is 4.93. The van der Waals surface area contributed by atoms with Gasteiger partial charge in [0, 0.05) is 22.3 Å². The summed E-state index contributed by atoms with van der Waals surface area (Å²) in [7, 11) is 0.644. The zero-order valence-corrected chi connectivity index (χ0v) is 15.6. The average molecular weight is 343 g/mol. The minimum atomic E-state index is -1.01. The van der Waals surface area contributed by atoms with Crippen LogP contribution in [0.5, 0.6) is 5.75 Å².